The Bertz CT molecular complexity index is 643. The second-order valence-corrected chi connectivity index (χ2v) is 6.83. The number of nitrogens with zero attached hydrogens (tertiary/aromatic N) is 3. The van der Waals surface area contributed by atoms with Crippen LogP contribution in [0.2, 0.25) is 0 Å². The first kappa shape index (κ1) is 18.3. The molecule has 1 fully saturated rings. The van der Waals surface area contributed by atoms with Gasteiger partial charge >= 0.3 is 6.09 Å². The zero-order valence-electron chi connectivity index (χ0n) is 14.0. The number of alkyl halides is 1. The third-order valence-electron chi connectivity index (χ3n) is 3.40. The number of pyridine rings is 1. The summed E-state index contributed by atoms with van der Waals surface area (Å²) < 4.78 is 19.4. The topological polar surface area (TPSA) is 66.8 Å². The van der Waals surface area contributed by atoms with Crippen LogP contribution in [0.3, 0.4) is 0 Å². The van der Waals surface area contributed by atoms with Gasteiger partial charge in [-0.2, -0.15) is 4.99 Å². The van der Waals surface area contributed by atoms with Crippen molar-refractivity contribution in [2.75, 3.05) is 18.0 Å². The molecule has 1 saturated heterocycles. The lowest BCUT2D eigenvalue weighted by atomic mass is 10.0. The average molecular weight is 352 g/mol. The number of hydrogen-bond donors (Lipinski definition) is 1. The van der Waals surface area contributed by atoms with Gasteiger partial charge in [-0.25, -0.2) is 9.18 Å². The standard InChI is InChI=1S/C16H21FN4O2S/c1-16(2,3)23-15(22)20-12-6-11(17)8-21(9-12)14-4-5-18-7-13(14)19-10-24/h4-5,7,11-12H,6,8-9H2,1-3H3,(H,20,22)/t11-,12+/m1/s1. The number of carbonyl (C=O) groups is 1. The van der Waals surface area contributed by atoms with E-state index in [1.165, 1.54) is 0 Å². The van der Waals surface area contributed by atoms with Crippen molar-refractivity contribution in [3.8, 4) is 0 Å². The van der Waals surface area contributed by atoms with Gasteiger partial charge in [-0.05, 0) is 39.1 Å². The second kappa shape index (κ2) is 7.68. The number of nitrogens with one attached hydrogen (secondary N) is 1. The Balaban J connectivity index is 2.11. The van der Waals surface area contributed by atoms with Gasteiger partial charge in [-0.1, -0.05) is 0 Å². The fraction of sp³-hybridized carbons (Fsp3) is 0.562. The minimum absolute atomic E-state index is 0.219. The Morgan fingerprint density at radius 1 is 1.54 bits per heavy atom. The average Bonchev–Trinajstić information content (AvgIpc) is 2.45. The number of anilines is 1. The molecule has 2 atom stereocenters. The highest BCUT2D eigenvalue weighted by Crippen LogP contribution is 2.30. The zero-order valence-corrected chi connectivity index (χ0v) is 14.8. The molecule has 2 heterocycles. The largest absolute Gasteiger partial charge is 0.444 e. The van der Waals surface area contributed by atoms with E-state index in [9.17, 15) is 9.18 Å². The number of isothiocyanates is 1. The van der Waals surface area contributed by atoms with E-state index < -0.39 is 17.9 Å². The van der Waals surface area contributed by atoms with E-state index in [1.54, 1.807) is 39.2 Å². The molecule has 0 bridgehead atoms. The summed E-state index contributed by atoms with van der Waals surface area (Å²) in [6.07, 6.45) is 1.78. The normalized spacial score (nSPS) is 20.9. The lowest BCUT2D eigenvalue weighted by Crippen LogP contribution is -2.52. The van der Waals surface area contributed by atoms with Crippen LogP contribution in [0.5, 0.6) is 0 Å². The molecule has 0 radical (unpaired) electrons. The van der Waals surface area contributed by atoms with Gasteiger partial charge < -0.3 is 15.0 Å². The van der Waals surface area contributed by atoms with Gasteiger partial charge in [0.1, 0.15) is 17.5 Å². The molecule has 0 aromatic carbocycles. The predicted octanol–water partition coefficient (Wildman–Crippen LogP) is 3.26. The molecule has 1 amide bonds. The lowest BCUT2D eigenvalue weighted by molar-refractivity contribution is 0.0491. The number of aliphatic imine (C=N–C) groups is 1. The van der Waals surface area contributed by atoms with Crippen molar-refractivity contribution in [3.05, 3.63) is 18.5 Å². The molecular weight excluding hydrogens is 331 g/mol. The number of amides is 1. The minimum Gasteiger partial charge on any atom is -0.444 e. The lowest BCUT2D eigenvalue weighted by Gasteiger charge is -2.37. The van der Waals surface area contributed by atoms with Crippen molar-refractivity contribution >= 4 is 34.8 Å². The van der Waals surface area contributed by atoms with Crippen LogP contribution >= 0.6 is 12.2 Å². The summed E-state index contributed by atoms with van der Waals surface area (Å²) in [4.78, 5) is 21.7. The number of halogens is 1. The number of piperidine rings is 1. The molecule has 0 aliphatic carbocycles. The van der Waals surface area contributed by atoms with Gasteiger partial charge in [0.2, 0.25) is 0 Å². The summed E-state index contributed by atoms with van der Waals surface area (Å²) in [5.74, 6) is 0. The fourth-order valence-electron chi connectivity index (χ4n) is 2.59. The number of hydrogen-bond acceptors (Lipinski definition) is 6. The second-order valence-electron chi connectivity index (χ2n) is 6.65. The number of alkyl carbamates (subject to hydrolysis) is 1. The Hall–Kier alpha value is -2.05. The molecule has 0 spiro atoms. The van der Waals surface area contributed by atoms with Crippen molar-refractivity contribution < 1.29 is 13.9 Å². The fourth-order valence-corrected chi connectivity index (χ4v) is 2.69. The zero-order chi connectivity index (χ0) is 17.7. The maximum Gasteiger partial charge on any atom is 0.407 e. The van der Waals surface area contributed by atoms with Gasteiger partial charge in [-0.15, -0.1) is 0 Å². The van der Waals surface area contributed by atoms with Crippen molar-refractivity contribution in [2.45, 2.75) is 45.0 Å². The monoisotopic (exact) mass is 352 g/mol. The number of rotatable bonds is 3. The molecule has 1 aromatic heterocycles. The molecule has 1 aromatic rings. The highest BCUT2D eigenvalue weighted by atomic mass is 32.1. The first-order valence-electron chi connectivity index (χ1n) is 7.69. The Morgan fingerprint density at radius 3 is 2.96 bits per heavy atom. The molecule has 1 aliphatic rings. The maximum absolute atomic E-state index is 14.2. The molecule has 8 heteroatoms. The van der Waals surface area contributed by atoms with Crippen molar-refractivity contribution in [3.63, 3.8) is 0 Å². The van der Waals surface area contributed by atoms with Crippen LogP contribution in [0.1, 0.15) is 27.2 Å². The molecule has 0 saturated carbocycles. The molecule has 1 aliphatic heterocycles. The summed E-state index contributed by atoms with van der Waals surface area (Å²) in [7, 11) is 0. The molecule has 6 nitrogen and oxygen atoms in total. The van der Waals surface area contributed by atoms with Crippen LogP contribution < -0.4 is 10.2 Å². The predicted molar refractivity (Wildman–Crippen MR) is 93.8 cm³/mol. The summed E-state index contributed by atoms with van der Waals surface area (Å²) in [6, 6.07) is 1.38. The number of aromatic nitrogens is 1. The van der Waals surface area contributed by atoms with Crippen LogP contribution in [0.25, 0.3) is 0 Å². The van der Waals surface area contributed by atoms with Gasteiger partial charge in [-0.3, -0.25) is 4.98 Å². The number of thiocarbonyl (C=S) groups is 1. The van der Waals surface area contributed by atoms with Crippen LogP contribution in [-0.2, 0) is 4.74 Å². The highest BCUT2D eigenvalue weighted by Gasteiger charge is 2.30. The SMILES string of the molecule is CC(C)(C)OC(=O)N[C@H]1C[C@@H](F)CN(c2ccncc2N=C=S)C1. The van der Waals surface area contributed by atoms with E-state index in [0.717, 1.165) is 0 Å². The third kappa shape index (κ3) is 5.25. The summed E-state index contributed by atoms with van der Waals surface area (Å²) in [5.41, 5.74) is 0.637. The van der Waals surface area contributed by atoms with E-state index >= 15 is 0 Å². The molecule has 130 valence electrons. The Morgan fingerprint density at radius 2 is 2.29 bits per heavy atom. The molecule has 0 unspecified atom stereocenters. The Kier molecular flexibility index (Phi) is 5.85. The first-order chi connectivity index (χ1) is 11.3. The van der Waals surface area contributed by atoms with Gasteiger partial charge in [0, 0.05) is 25.7 Å². The number of carbonyl (C=O) groups excluding carboxylic acids is 1. The third-order valence-corrected chi connectivity index (χ3v) is 3.50. The summed E-state index contributed by atoms with van der Waals surface area (Å²) in [6.45, 7) is 6.01. The maximum atomic E-state index is 14.2. The van der Waals surface area contributed by atoms with E-state index in [-0.39, 0.29) is 19.0 Å². The summed E-state index contributed by atoms with van der Waals surface area (Å²) >= 11 is 4.64. The summed E-state index contributed by atoms with van der Waals surface area (Å²) in [5, 5.41) is 5.03. The number of ether oxygens (including phenoxy) is 1. The van der Waals surface area contributed by atoms with Crippen molar-refractivity contribution in [1.29, 1.82) is 0 Å². The molecular formula is C16H21FN4O2S. The Labute approximate surface area is 146 Å². The quantitative estimate of drug-likeness (QED) is 0.668. The van der Waals surface area contributed by atoms with Crippen molar-refractivity contribution in [2.24, 2.45) is 4.99 Å². The first-order valence-corrected chi connectivity index (χ1v) is 8.09. The van der Waals surface area contributed by atoms with Crippen LogP contribution in [0, 0.1) is 0 Å². The van der Waals surface area contributed by atoms with Crippen LogP contribution in [-0.4, -0.2) is 47.1 Å². The minimum atomic E-state index is -1.07. The van der Waals surface area contributed by atoms with Crippen LogP contribution in [0.4, 0.5) is 20.6 Å². The van der Waals surface area contributed by atoms with Crippen molar-refractivity contribution in [1.82, 2.24) is 10.3 Å². The van der Waals surface area contributed by atoms with Gasteiger partial charge in [0.15, 0.2) is 0 Å². The van der Waals surface area contributed by atoms with Gasteiger partial charge in [0.05, 0.1) is 23.1 Å². The van der Waals surface area contributed by atoms with E-state index in [0.29, 0.717) is 17.9 Å². The van der Waals surface area contributed by atoms with E-state index in [1.807, 2.05) is 4.90 Å². The van der Waals surface area contributed by atoms with Crippen LogP contribution in [0.15, 0.2) is 23.5 Å². The smallest absolute Gasteiger partial charge is 0.407 e. The van der Waals surface area contributed by atoms with E-state index in [4.69, 9.17) is 4.74 Å². The van der Waals surface area contributed by atoms with Gasteiger partial charge in [0.25, 0.3) is 0 Å². The van der Waals surface area contributed by atoms with E-state index in [2.05, 4.69) is 32.7 Å². The molecule has 1 N–H and O–H groups in total. The molecule has 24 heavy (non-hydrogen) atoms. The highest BCUT2D eigenvalue weighted by molar-refractivity contribution is 7.78. The molecule has 2 rings (SSSR count).